The Balaban J connectivity index is 1.49. The van der Waals surface area contributed by atoms with Crippen LogP contribution in [0.25, 0.3) is 0 Å². The summed E-state index contributed by atoms with van der Waals surface area (Å²) in [6.45, 7) is 6.00. The Kier molecular flexibility index (Phi) is 3.03. The number of rotatable bonds is 1. The number of ether oxygens (including phenoxy) is 3. The van der Waals surface area contributed by atoms with Crippen LogP contribution < -0.4 is 0 Å². The van der Waals surface area contributed by atoms with Crippen LogP contribution in [0.5, 0.6) is 0 Å². The van der Waals surface area contributed by atoms with Crippen molar-refractivity contribution in [3.05, 3.63) is 11.6 Å². The van der Waals surface area contributed by atoms with Gasteiger partial charge in [-0.15, -0.1) is 0 Å². The third-order valence-electron chi connectivity index (χ3n) is 10.1. The maximum atomic E-state index is 11.4. The first-order valence-corrected chi connectivity index (χ1v) is 10.6. The molecule has 0 aromatic rings. The Morgan fingerprint density at radius 3 is 2.62 bits per heavy atom. The van der Waals surface area contributed by atoms with E-state index in [1.807, 2.05) is 7.11 Å². The molecule has 4 nitrogen and oxygen atoms in total. The molecule has 26 heavy (non-hydrogen) atoms. The van der Waals surface area contributed by atoms with Crippen molar-refractivity contribution < 1.29 is 19.3 Å². The lowest BCUT2D eigenvalue weighted by atomic mass is 9.49. The summed E-state index contributed by atoms with van der Waals surface area (Å²) in [5.41, 5.74) is 1.75. The largest absolute Gasteiger partial charge is 0.388 e. The Labute approximate surface area is 156 Å². The lowest BCUT2D eigenvalue weighted by Gasteiger charge is -2.58. The van der Waals surface area contributed by atoms with Crippen molar-refractivity contribution in [2.45, 2.75) is 70.4 Å². The highest BCUT2D eigenvalue weighted by molar-refractivity contribution is 5.40. The first kappa shape index (κ1) is 16.5. The maximum absolute atomic E-state index is 11.4. The van der Waals surface area contributed by atoms with E-state index in [1.54, 1.807) is 5.57 Å². The second-order valence-corrected chi connectivity index (χ2v) is 10.3. The number of hydrogen-bond acceptors (Lipinski definition) is 4. The van der Waals surface area contributed by atoms with Gasteiger partial charge in [0.1, 0.15) is 0 Å². The van der Waals surface area contributed by atoms with Crippen molar-refractivity contribution >= 4 is 0 Å². The van der Waals surface area contributed by atoms with Crippen LogP contribution in [0.1, 0.15) is 52.4 Å². The lowest BCUT2D eigenvalue weighted by molar-refractivity contribution is -0.253. The zero-order chi connectivity index (χ0) is 17.9. The number of aliphatic hydroxyl groups excluding tert-OH is 1. The average molecular weight is 360 g/mol. The monoisotopic (exact) mass is 360 g/mol. The third kappa shape index (κ3) is 1.50. The molecule has 8 atom stereocenters. The second-order valence-electron chi connectivity index (χ2n) is 10.3. The Morgan fingerprint density at radius 1 is 1.15 bits per heavy atom. The van der Waals surface area contributed by atoms with Crippen LogP contribution in [0.3, 0.4) is 0 Å². The van der Waals surface area contributed by atoms with Gasteiger partial charge in [-0.05, 0) is 55.3 Å². The zero-order valence-corrected chi connectivity index (χ0v) is 16.3. The predicted octanol–water partition coefficient (Wildman–Crippen LogP) is 3.29. The standard InChI is InChI=1S/C22H32O4/c1-19-6-4-13-12-21(13,19)18(24-3)10-14-15-5-7-22(25-8-9-26-22)20(15,2)17(23)11-16(14)19/h11,13-15,17-18,23H,4-10,12H2,1-3H3/t13?,14?,15?,17-,18+,19+,20+,21?/m0/s1. The Hall–Kier alpha value is -0.420. The normalized spacial score (nSPS) is 58.8. The molecule has 2 spiro atoms. The number of allylic oxidation sites excluding steroid dienone is 1. The highest BCUT2D eigenvalue weighted by Gasteiger charge is 2.78. The van der Waals surface area contributed by atoms with Gasteiger partial charge in [0, 0.05) is 18.9 Å². The number of methoxy groups -OCH3 is 1. The van der Waals surface area contributed by atoms with Crippen LogP contribution in [-0.2, 0) is 14.2 Å². The van der Waals surface area contributed by atoms with Crippen molar-refractivity contribution in [1.29, 1.82) is 0 Å². The molecule has 4 heteroatoms. The third-order valence-corrected chi connectivity index (χ3v) is 10.1. The fourth-order valence-electron chi connectivity index (χ4n) is 8.73. The number of fused-ring (bicyclic) bond motifs is 5. The molecule has 6 aliphatic rings. The van der Waals surface area contributed by atoms with Gasteiger partial charge in [0.05, 0.1) is 30.8 Å². The molecule has 144 valence electrons. The Morgan fingerprint density at radius 2 is 1.92 bits per heavy atom. The topological polar surface area (TPSA) is 47.9 Å². The van der Waals surface area contributed by atoms with Crippen molar-refractivity contribution in [3.8, 4) is 0 Å². The summed E-state index contributed by atoms with van der Waals surface area (Å²) in [6.07, 6.45) is 9.13. The fourth-order valence-corrected chi connectivity index (χ4v) is 8.73. The first-order valence-electron chi connectivity index (χ1n) is 10.6. The lowest BCUT2D eigenvalue weighted by Crippen LogP contribution is -2.59. The fraction of sp³-hybridized carbons (Fsp3) is 0.909. The summed E-state index contributed by atoms with van der Waals surface area (Å²) in [6, 6.07) is 0. The molecule has 0 amide bonds. The van der Waals surface area contributed by atoms with Crippen molar-refractivity contribution in [2.75, 3.05) is 20.3 Å². The molecule has 4 saturated carbocycles. The van der Waals surface area contributed by atoms with Gasteiger partial charge in [-0.2, -0.15) is 0 Å². The van der Waals surface area contributed by atoms with E-state index < -0.39 is 11.9 Å². The van der Waals surface area contributed by atoms with Crippen LogP contribution in [0.4, 0.5) is 0 Å². The summed E-state index contributed by atoms with van der Waals surface area (Å²) in [5.74, 6) is 1.16. The van der Waals surface area contributed by atoms with Gasteiger partial charge in [-0.1, -0.05) is 25.5 Å². The molecule has 1 saturated heterocycles. The smallest absolute Gasteiger partial charge is 0.176 e. The van der Waals surface area contributed by atoms with Gasteiger partial charge in [-0.25, -0.2) is 0 Å². The van der Waals surface area contributed by atoms with Crippen molar-refractivity contribution in [1.82, 2.24) is 0 Å². The molecule has 1 N–H and O–H groups in total. The molecule has 1 aliphatic heterocycles. The van der Waals surface area contributed by atoms with Gasteiger partial charge in [0.15, 0.2) is 5.79 Å². The second kappa shape index (κ2) is 4.76. The molecule has 5 fully saturated rings. The Bertz CT molecular complexity index is 682. The van der Waals surface area contributed by atoms with Crippen LogP contribution in [0, 0.1) is 34.0 Å². The van der Waals surface area contributed by atoms with E-state index in [9.17, 15) is 5.11 Å². The highest BCUT2D eigenvalue weighted by atomic mass is 16.7. The van der Waals surface area contributed by atoms with Crippen LogP contribution >= 0.6 is 0 Å². The molecule has 1 heterocycles. The van der Waals surface area contributed by atoms with E-state index in [0.717, 1.165) is 25.2 Å². The number of hydrogen-bond donors (Lipinski definition) is 1. The molecule has 5 aliphatic carbocycles. The van der Waals surface area contributed by atoms with Gasteiger partial charge >= 0.3 is 0 Å². The van der Waals surface area contributed by atoms with Crippen molar-refractivity contribution in [3.63, 3.8) is 0 Å². The predicted molar refractivity (Wildman–Crippen MR) is 96.3 cm³/mol. The minimum Gasteiger partial charge on any atom is -0.388 e. The van der Waals surface area contributed by atoms with Crippen LogP contribution in [0.15, 0.2) is 11.6 Å². The molecule has 0 bridgehead atoms. The van der Waals surface area contributed by atoms with Crippen LogP contribution in [-0.4, -0.2) is 43.4 Å². The van der Waals surface area contributed by atoms with Gasteiger partial charge in [0.25, 0.3) is 0 Å². The van der Waals surface area contributed by atoms with E-state index in [-0.39, 0.29) is 10.8 Å². The molecule has 4 unspecified atom stereocenters. The van der Waals surface area contributed by atoms with E-state index in [4.69, 9.17) is 14.2 Å². The molecule has 6 rings (SSSR count). The van der Waals surface area contributed by atoms with E-state index in [0.29, 0.717) is 36.6 Å². The summed E-state index contributed by atoms with van der Waals surface area (Å²) in [7, 11) is 1.92. The molecule has 0 radical (unpaired) electrons. The van der Waals surface area contributed by atoms with Gasteiger partial charge < -0.3 is 19.3 Å². The van der Waals surface area contributed by atoms with E-state index >= 15 is 0 Å². The SMILES string of the molecule is CO[C@@H]1CC2C(=C[C@H](O)[C@@]3(C)C2CCC32OCCO2)[C@@]2(C)CCC3CC312. The summed E-state index contributed by atoms with van der Waals surface area (Å²) >= 11 is 0. The molecular weight excluding hydrogens is 328 g/mol. The average Bonchev–Trinajstić information content (AvgIpc) is 2.92. The summed E-state index contributed by atoms with van der Waals surface area (Å²) in [4.78, 5) is 0. The van der Waals surface area contributed by atoms with Crippen LogP contribution in [0.2, 0.25) is 0 Å². The minimum absolute atomic E-state index is 0.205. The van der Waals surface area contributed by atoms with Gasteiger partial charge in [0.2, 0.25) is 0 Å². The maximum Gasteiger partial charge on any atom is 0.176 e. The quantitative estimate of drug-likeness (QED) is 0.729. The molecular formula is C22H32O4. The first-order chi connectivity index (χ1) is 12.4. The molecule has 0 aromatic carbocycles. The minimum atomic E-state index is -0.588. The van der Waals surface area contributed by atoms with Gasteiger partial charge in [-0.3, -0.25) is 0 Å². The summed E-state index contributed by atoms with van der Waals surface area (Å²) < 4.78 is 18.5. The summed E-state index contributed by atoms with van der Waals surface area (Å²) in [5, 5.41) is 11.4. The number of aliphatic hydroxyl groups is 1. The molecule has 0 aromatic heterocycles. The highest BCUT2D eigenvalue weighted by Crippen LogP contribution is 2.81. The zero-order valence-electron chi connectivity index (χ0n) is 16.3. The van der Waals surface area contributed by atoms with Crippen molar-refractivity contribution in [2.24, 2.45) is 34.0 Å². The van der Waals surface area contributed by atoms with E-state index in [2.05, 4.69) is 19.9 Å². The van der Waals surface area contributed by atoms with E-state index in [1.165, 1.54) is 19.3 Å².